The van der Waals surface area contributed by atoms with Gasteiger partial charge < -0.3 is 19.9 Å². The van der Waals surface area contributed by atoms with Crippen molar-refractivity contribution in [2.75, 3.05) is 38.5 Å². The summed E-state index contributed by atoms with van der Waals surface area (Å²) in [5, 5.41) is 11.7. The Bertz CT molecular complexity index is 1610. The zero-order chi connectivity index (χ0) is 28.7. The molecule has 0 aliphatic carbocycles. The van der Waals surface area contributed by atoms with Crippen molar-refractivity contribution in [1.29, 1.82) is 0 Å². The molecule has 2 aliphatic heterocycles. The molecule has 0 spiro atoms. The molecule has 3 aromatic heterocycles. The quantitative estimate of drug-likeness (QED) is 0.354. The molecule has 14 heteroatoms. The van der Waals surface area contributed by atoms with E-state index >= 15 is 0 Å². The first-order valence-electron chi connectivity index (χ1n) is 13.1. The van der Waals surface area contributed by atoms with Crippen LogP contribution in [0.2, 0.25) is 5.02 Å². The molecule has 4 aromatic rings. The Hall–Kier alpha value is -4.10. The maximum atomic E-state index is 13.3. The molecule has 0 radical (unpaired) electrons. The molecule has 6 rings (SSSR count). The van der Waals surface area contributed by atoms with E-state index in [9.17, 15) is 18.4 Å². The molecule has 1 aromatic carbocycles. The number of alkyl halides is 2. The number of hydrogen-bond donors (Lipinski definition) is 1. The number of nitrogens with zero attached hydrogens (tertiary/aromatic N) is 7. The zero-order valence-electron chi connectivity index (χ0n) is 22.1. The van der Waals surface area contributed by atoms with E-state index in [1.165, 1.54) is 46.0 Å². The van der Waals surface area contributed by atoms with Gasteiger partial charge in [0, 0.05) is 48.8 Å². The first-order valence-corrected chi connectivity index (χ1v) is 13.5. The Labute approximate surface area is 238 Å². The smallest absolute Gasteiger partial charge is 0.387 e. The van der Waals surface area contributed by atoms with Crippen LogP contribution in [0.4, 0.5) is 14.5 Å². The van der Waals surface area contributed by atoms with E-state index in [4.69, 9.17) is 16.3 Å². The Morgan fingerprint density at radius 3 is 2.88 bits per heavy atom. The lowest BCUT2D eigenvalue weighted by atomic mass is 9.89. The average molecular weight is 585 g/mol. The van der Waals surface area contributed by atoms with Gasteiger partial charge in [-0.25, -0.2) is 9.50 Å². The second kappa shape index (κ2) is 11.1. The van der Waals surface area contributed by atoms with E-state index in [1.807, 2.05) is 4.90 Å². The highest BCUT2D eigenvalue weighted by atomic mass is 35.5. The summed E-state index contributed by atoms with van der Waals surface area (Å²) in [5.74, 6) is 0.0635. The van der Waals surface area contributed by atoms with Crippen LogP contribution in [0.3, 0.4) is 0 Å². The van der Waals surface area contributed by atoms with Gasteiger partial charge in [-0.15, -0.1) is 0 Å². The number of hydrogen-bond acceptors (Lipinski definition) is 7. The predicted molar refractivity (Wildman–Crippen MR) is 146 cm³/mol. The minimum absolute atomic E-state index is 0.0952. The number of likely N-dealkylation sites (tertiary alicyclic amines) is 2. The van der Waals surface area contributed by atoms with Gasteiger partial charge in [-0.1, -0.05) is 11.6 Å². The molecule has 1 N–H and O–H groups in total. The lowest BCUT2D eigenvalue weighted by Crippen LogP contribution is -2.37. The van der Waals surface area contributed by atoms with Crippen LogP contribution in [0.25, 0.3) is 16.9 Å². The highest BCUT2D eigenvalue weighted by Crippen LogP contribution is 2.37. The standard InChI is InChI=1S/C27H27ClF2N8O3/c1-35-8-5-16-12-36(13-17(16)11-35)23(39)15-37-14-21(33-26(40)20-10-32-38-7-2-6-31-25(20)38)24(34-37)19-9-18(28)3-4-22(19)41-27(29)30/h2-4,6-7,9-10,14,16-17,27H,5,8,11-13,15H2,1H3,(H,33,40). The number of anilines is 1. The number of ether oxygens (including phenoxy) is 1. The lowest BCUT2D eigenvalue weighted by Gasteiger charge is -2.31. The van der Waals surface area contributed by atoms with Crippen molar-refractivity contribution in [1.82, 2.24) is 34.2 Å². The van der Waals surface area contributed by atoms with Crippen LogP contribution in [-0.2, 0) is 11.3 Å². The number of piperidine rings is 1. The summed E-state index contributed by atoms with van der Waals surface area (Å²) in [6, 6.07) is 5.81. The Kier molecular flexibility index (Phi) is 7.30. The summed E-state index contributed by atoms with van der Waals surface area (Å²) >= 11 is 6.21. The van der Waals surface area contributed by atoms with Crippen LogP contribution in [0, 0.1) is 11.8 Å². The van der Waals surface area contributed by atoms with E-state index < -0.39 is 12.5 Å². The summed E-state index contributed by atoms with van der Waals surface area (Å²) in [7, 11) is 2.09. The summed E-state index contributed by atoms with van der Waals surface area (Å²) in [4.78, 5) is 35.0. The zero-order valence-corrected chi connectivity index (χ0v) is 22.8. The molecule has 5 heterocycles. The third-order valence-electron chi connectivity index (χ3n) is 7.60. The molecule has 0 bridgehead atoms. The van der Waals surface area contributed by atoms with Gasteiger partial charge in [0.15, 0.2) is 5.65 Å². The van der Waals surface area contributed by atoms with Gasteiger partial charge in [0.2, 0.25) is 5.91 Å². The molecule has 2 fully saturated rings. The van der Waals surface area contributed by atoms with E-state index in [0.717, 1.165) is 19.5 Å². The van der Waals surface area contributed by atoms with Crippen molar-refractivity contribution >= 4 is 34.7 Å². The molecule has 2 saturated heterocycles. The fourth-order valence-corrected chi connectivity index (χ4v) is 5.82. The second-order valence-electron chi connectivity index (χ2n) is 10.4. The highest BCUT2D eigenvalue weighted by molar-refractivity contribution is 6.31. The van der Waals surface area contributed by atoms with Gasteiger partial charge in [0.1, 0.15) is 23.6 Å². The summed E-state index contributed by atoms with van der Waals surface area (Å²) in [5.41, 5.74) is 0.953. The van der Waals surface area contributed by atoms with Gasteiger partial charge in [0.05, 0.1) is 11.9 Å². The van der Waals surface area contributed by atoms with Crippen LogP contribution in [0.5, 0.6) is 5.75 Å². The first-order chi connectivity index (χ1) is 19.7. The molecule has 11 nitrogen and oxygen atoms in total. The summed E-state index contributed by atoms with van der Waals surface area (Å²) < 4.78 is 34.1. The van der Waals surface area contributed by atoms with Crippen LogP contribution in [-0.4, -0.2) is 85.8 Å². The van der Waals surface area contributed by atoms with Crippen molar-refractivity contribution in [3.63, 3.8) is 0 Å². The van der Waals surface area contributed by atoms with Gasteiger partial charge >= 0.3 is 6.61 Å². The molecule has 2 aliphatic rings. The fraction of sp³-hybridized carbons (Fsp3) is 0.370. The highest BCUT2D eigenvalue weighted by Gasteiger charge is 2.38. The van der Waals surface area contributed by atoms with Crippen molar-refractivity contribution in [2.24, 2.45) is 11.8 Å². The molecule has 2 atom stereocenters. The number of benzene rings is 1. The number of amides is 2. The van der Waals surface area contributed by atoms with Crippen LogP contribution >= 0.6 is 11.6 Å². The molecule has 41 heavy (non-hydrogen) atoms. The van der Waals surface area contributed by atoms with Gasteiger partial charge in [-0.05, 0) is 56.1 Å². The molecule has 214 valence electrons. The van der Waals surface area contributed by atoms with Gasteiger partial charge in [-0.3, -0.25) is 14.3 Å². The lowest BCUT2D eigenvalue weighted by molar-refractivity contribution is -0.131. The maximum absolute atomic E-state index is 13.3. The minimum atomic E-state index is -3.10. The second-order valence-corrected chi connectivity index (χ2v) is 10.8. The number of carbonyl (C=O) groups is 2. The molecule has 2 unspecified atom stereocenters. The Balaban J connectivity index is 1.31. The number of carbonyl (C=O) groups excluding carboxylic acids is 2. The number of fused-ring (bicyclic) bond motifs is 2. The van der Waals surface area contributed by atoms with Crippen LogP contribution < -0.4 is 10.1 Å². The fourth-order valence-electron chi connectivity index (χ4n) is 5.65. The van der Waals surface area contributed by atoms with Crippen molar-refractivity contribution in [3.05, 3.63) is 59.6 Å². The van der Waals surface area contributed by atoms with Crippen LogP contribution in [0.1, 0.15) is 16.8 Å². The maximum Gasteiger partial charge on any atom is 0.387 e. The normalized spacial score (nSPS) is 19.1. The summed E-state index contributed by atoms with van der Waals surface area (Å²) in [6.45, 7) is 0.142. The van der Waals surface area contributed by atoms with Gasteiger partial charge in [-0.2, -0.15) is 19.0 Å². The van der Waals surface area contributed by atoms with Crippen LogP contribution in [0.15, 0.2) is 49.1 Å². The molecular weight excluding hydrogens is 558 g/mol. The SMILES string of the molecule is CN1CCC2CN(C(=O)Cn3cc(NC(=O)c4cnn5cccnc45)c(-c4cc(Cl)ccc4OC(F)F)n3)CC2C1. The largest absolute Gasteiger partial charge is 0.434 e. The minimum Gasteiger partial charge on any atom is -0.434 e. The first kappa shape index (κ1) is 27.1. The number of nitrogens with one attached hydrogen (secondary N) is 1. The predicted octanol–water partition coefficient (Wildman–Crippen LogP) is 3.51. The number of rotatable bonds is 7. The van der Waals surface area contributed by atoms with E-state index in [2.05, 4.69) is 32.4 Å². The Morgan fingerprint density at radius 2 is 2.05 bits per heavy atom. The molecular formula is C27H27ClF2N8O3. The molecule has 0 saturated carbocycles. The van der Waals surface area contributed by atoms with Crippen molar-refractivity contribution in [2.45, 2.75) is 19.6 Å². The third kappa shape index (κ3) is 5.59. The third-order valence-corrected chi connectivity index (χ3v) is 7.84. The van der Waals surface area contributed by atoms with E-state index in [0.29, 0.717) is 30.6 Å². The van der Waals surface area contributed by atoms with Crippen molar-refractivity contribution < 1.29 is 23.1 Å². The van der Waals surface area contributed by atoms with Crippen molar-refractivity contribution in [3.8, 4) is 17.0 Å². The molecule has 2 amide bonds. The average Bonchev–Trinajstić information content (AvgIpc) is 3.66. The van der Waals surface area contributed by atoms with E-state index in [-0.39, 0.29) is 45.7 Å². The van der Waals surface area contributed by atoms with Gasteiger partial charge in [0.25, 0.3) is 5.91 Å². The topological polar surface area (TPSA) is 110 Å². The van der Waals surface area contributed by atoms with E-state index in [1.54, 1.807) is 12.3 Å². The Morgan fingerprint density at radius 1 is 1.22 bits per heavy atom. The monoisotopic (exact) mass is 584 g/mol. The summed E-state index contributed by atoms with van der Waals surface area (Å²) in [6.07, 6.45) is 7.11. The number of aromatic nitrogens is 5. The number of halogens is 3.